The van der Waals surface area contributed by atoms with Crippen molar-refractivity contribution in [2.75, 3.05) is 7.11 Å². The molecule has 0 N–H and O–H groups in total. The van der Waals surface area contributed by atoms with E-state index < -0.39 is 17.2 Å². The number of epoxide rings is 1. The van der Waals surface area contributed by atoms with Crippen LogP contribution in [0.4, 0.5) is 4.39 Å². The zero-order chi connectivity index (χ0) is 12.7. The van der Waals surface area contributed by atoms with E-state index in [1.807, 2.05) is 6.92 Å². The summed E-state index contributed by atoms with van der Waals surface area (Å²) in [4.78, 5) is 11.7. The minimum atomic E-state index is -1.01. The molecule has 0 aliphatic carbocycles. The van der Waals surface area contributed by atoms with Crippen molar-refractivity contribution in [2.24, 2.45) is 0 Å². The van der Waals surface area contributed by atoms with Gasteiger partial charge < -0.3 is 9.47 Å². The fourth-order valence-corrected chi connectivity index (χ4v) is 2.41. The highest BCUT2D eigenvalue weighted by molar-refractivity contribution is 5.84. The third kappa shape index (κ3) is 1.55. The molecule has 17 heavy (non-hydrogen) atoms. The lowest BCUT2D eigenvalue weighted by molar-refractivity contribution is -0.146. The average molecular weight is 238 g/mol. The van der Waals surface area contributed by atoms with Crippen molar-refractivity contribution >= 4 is 5.97 Å². The lowest BCUT2D eigenvalue weighted by Crippen LogP contribution is -2.30. The summed E-state index contributed by atoms with van der Waals surface area (Å²) >= 11 is 0. The van der Waals surface area contributed by atoms with Crippen molar-refractivity contribution in [3.05, 3.63) is 35.6 Å². The lowest BCUT2D eigenvalue weighted by Gasteiger charge is -2.14. The van der Waals surface area contributed by atoms with Crippen molar-refractivity contribution in [2.45, 2.75) is 31.5 Å². The molecule has 3 nitrogen and oxygen atoms in total. The molecule has 1 aliphatic heterocycles. The highest BCUT2D eigenvalue weighted by atomic mass is 19.1. The third-order valence-corrected chi connectivity index (χ3v) is 3.47. The molecular weight excluding hydrogens is 223 g/mol. The average Bonchev–Trinajstić information content (AvgIpc) is 2.97. The van der Waals surface area contributed by atoms with Crippen LogP contribution in [0.3, 0.4) is 0 Å². The maximum atomic E-state index is 13.2. The molecule has 4 heteroatoms. The summed E-state index contributed by atoms with van der Waals surface area (Å²) in [7, 11) is 1.32. The topological polar surface area (TPSA) is 38.8 Å². The van der Waals surface area contributed by atoms with Gasteiger partial charge >= 0.3 is 5.97 Å². The summed E-state index contributed by atoms with van der Waals surface area (Å²) in [6.45, 7) is 3.58. The Hall–Kier alpha value is -1.42. The van der Waals surface area contributed by atoms with Crippen molar-refractivity contribution in [1.29, 1.82) is 0 Å². The van der Waals surface area contributed by atoms with Gasteiger partial charge in [0, 0.05) is 0 Å². The molecule has 2 rings (SSSR count). The van der Waals surface area contributed by atoms with Crippen molar-refractivity contribution in [1.82, 2.24) is 0 Å². The summed E-state index contributed by atoms with van der Waals surface area (Å²) in [6.07, 6.45) is 0.585. The van der Waals surface area contributed by atoms with Crippen LogP contribution in [0.15, 0.2) is 24.3 Å². The molecule has 2 atom stereocenters. The van der Waals surface area contributed by atoms with Gasteiger partial charge in [0.05, 0.1) is 7.11 Å². The monoisotopic (exact) mass is 238 g/mol. The van der Waals surface area contributed by atoms with E-state index >= 15 is 0 Å². The molecule has 2 unspecified atom stereocenters. The van der Waals surface area contributed by atoms with Gasteiger partial charge in [-0.1, -0.05) is 19.1 Å². The number of carbonyl (C=O) groups excluding carboxylic acids is 1. The fraction of sp³-hybridized carbons (Fsp3) is 0.462. The molecule has 0 aromatic heterocycles. The normalized spacial score (nSPS) is 31.1. The molecule has 1 heterocycles. The Morgan fingerprint density at radius 3 is 2.76 bits per heavy atom. The van der Waals surface area contributed by atoms with Crippen molar-refractivity contribution in [3.8, 4) is 0 Å². The minimum absolute atomic E-state index is 0.335. The molecule has 1 aromatic rings. The van der Waals surface area contributed by atoms with Gasteiger partial charge in [0.2, 0.25) is 0 Å². The molecule has 0 bridgehead atoms. The van der Waals surface area contributed by atoms with Crippen molar-refractivity contribution in [3.63, 3.8) is 0 Å². The fourth-order valence-electron chi connectivity index (χ4n) is 2.41. The molecule has 0 saturated carbocycles. The predicted molar refractivity (Wildman–Crippen MR) is 59.9 cm³/mol. The first-order valence-corrected chi connectivity index (χ1v) is 5.55. The molecule has 92 valence electrons. The number of carbonyl (C=O) groups is 1. The Labute approximate surface area is 99.5 Å². The standard InChI is InChI=1S/C13H15FO3/c1-4-13(9-6-5-7-10(14)8-9)12(2,17-13)11(15)16-3/h5-8H,4H2,1-3H3. The van der Waals surface area contributed by atoms with Crippen molar-refractivity contribution < 1.29 is 18.7 Å². The summed E-state index contributed by atoms with van der Waals surface area (Å²) < 4.78 is 23.5. The van der Waals surface area contributed by atoms with Gasteiger partial charge in [-0.15, -0.1) is 0 Å². The highest BCUT2D eigenvalue weighted by Crippen LogP contribution is 2.58. The van der Waals surface area contributed by atoms with Gasteiger partial charge in [-0.3, -0.25) is 0 Å². The van der Waals surface area contributed by atoms with Crippen LogP contribution >= 0.6 is 0 Å². The van der Waals surface area contributed by atoms with Crippen LogP contribution in [-0.4, -0.2) is 18.7 Å². The van der Waals surface area contributed by atoms with E-state index in [2.05, 4.69) is 0 Å². The summed E-state index contributed by atoms with van der Waals surface area (Å²) in [6, 6.07) is 6.14. The van der Waals surface area contributed by atoms with E-state index in [1.54, 1.807) is 19.1 Å². The van der Waals surface area contributed by atoms with E-state index in [0.717, 1.165) is 0 Å². The van der Waals surface area contributed by atoms with Gasteiger partial charge in [-0.25, -0.2) is 9.18 Å². The summed E-state index contributed by atoms with van der Waals surface area (Å²) in [5, 5.41) is 0. The summed E-state index contributed by atoms with van der Waals surface area (Å²) in [5.74, 6) is -0.762. The first-order valence-electron chi connectivity index (χ1n) is 5.55. The Kier molecular flexibility index (Phi) is 2.70. The Morgan fingerprint density at radius 2 is 2.24 bits per heavy atom. The first kappa shape index (κ1) is 12.0. The lowest BCUT2D eigenvalue weighted by atomic mass is 9.85. The van der Waals surface area contributed by atoms with Crippen LogP contribution in [0.2, 0.25) is 0 Å². The Morgan fingerprint density at radius 1 is 1.53 bits per heavy atom. The van der Waals surface area contributed by atoms with E-state index in [-0.39, 0.29) is 5.82 Å². The number of hydrogen-bond donors (Lipinski definition) is 0. The SMILES string of the molecule is CCC1(c2cccc(F)c2)OC1(C)C(=O)OC. The molecular formula is C13H15FO3. The molecule has 0 amide bonds. The maximum absolute atomic E-state index is 13.2. The highest BCUT2D eigenvalue weighted by Gasteiger charge is 2.72. The van der Waals surface area contributed by atoms with Crippen LogP contribution in [-0.2, 0) is 19.9 Å². The molecule has 1 aliphatic rings. The summed E-state index contributed by atoms with van der Waals surface area (Å²) in [5.41, 5.74) is -1.10. The van der Waals surface area contributed by atoms with E-state index in [0.29, 0.717) is 12.0 Å². The predicted octanol–water partition coefficient (Wildman–Crippen LogP) is 2.39. The Bertz CT molecular complexity index is 460. The number of benzene rings is 1. The second-order valence-corrected chi connectivity index (χ2v) is 4.32. The molecule has 1 saturated heterocycles. The third-order valence-electron chi connectivity index (χ3n) is 3.47. The van der Waals surface area contributed by atoms with Gasteiger partial charge in [0.1, 0.15) is 11.4 Å². The second-order valence-electron chi connectivity index (χ2n) is 4.32. The zero-order valence-electron chi connectivity index (χ0n) is 10.1. The van der Waals surface area contributed by atoms with Gasteiger partial charge in [-0.05, 0) is 31.0 Å². The quantitative estimate of drug-likeness (QED) is 0.599. The largest absolute Gasteiger partial charge is 0.467 e. The molecule has 0 spiro atoms. The Balaban J connectivity index is 2.40. The van der Waals surface area contributed by atoms with E-state index in [1.165, 1.54) is 19.2 Å². The van der Waals surface area contributed by atoms with Crippen LogP contribution < -0.4 is 0 Å². The first-order chi connectivity index (χ1) is 8.00. The number of rotatable bonds is 3. The maximum Gasteiger partial charge on any atom is 0.341 e. The smallest absolute Gasteiger partial charge is 0.341 e. The minimum Gasteiger partial charge on any atom is -0.467 e. The van der Waals surface area contributed by atoms with Gasteiger partial charge in [-0.2, -0.15) is 0 Å². The number of ether oxygens (including phenoxy) is 2. The number of hydrogen-bond acceptors (Lipinski definition) is 3. The molecule has 0 radical (unpaired) electrons. The second kappa shape index (κ2) is 3.81. The molecule has 1 fully saturated rings. The zero-order valence-corrected chi connectivity index (χ0v) is 10.1. The van der Waals surface area contributed by atoms with Gasteiger partial charge in [0.25, 0.3) is 0 Å². The van der Waals surface area contributed by atoms with Crippen LogP contribution in [0.1, 0.15) is 25.8 Å². The van der Waals surface area contributed by atoms with E-state index in [4.69, 9.17) is 9.47 Å². The molecule has 1 aromatic carbocycles. The van der Waals surface area contributed by atoms with Crippen LogP contribution in [0, 0.1) is 5.82 Å². The number of methoxy groups -OCH3 is 1. The number of esters is 1. The van der Waals surface area contributed by atoms with Gasteiger partial charge in [0.15, 0.2) is 5.60 Å². The number of halogens is 1. The van der Waals surface area contributed by atoms with E-state index in [9.17, 15) is 9.18 Å². The van der Waals surface area contributed by atoms with Crippen LogP contribution in [0.5, 0.6) is 0 Å². The van der Waals surface area contributed by atoms with Crippen LogP contribution in [0.25, 0.3) is 0 Å².